The van der Waals surface area contributed by atoms with Gasteiger partial charge in [0.2, 0.25) is 0 Å². The average Bonchev–Trinajstić information content (AvgIpc) is 3.05. The Balaban J connectivity index is 1.94. The van der Waals surface area contributed by atoms with Gasteiger partial charge < -0.3 is 0 Å². The van der Waals surface area contributed by atoms with Crippen LogP contribution in [-0.2, 0) is 0 Å². The molecule has 0 fully saturated rings. The Bertz CT molecular complexity index is 846. The molecule has 106 valence electrons. The third-order valence-corrected chi connectivity index (χ3v) is 3.89. The van der Waals surface area contributed by atoms with Gasteiger partial charge in [0, 0.05) is 23.3 Å². The van der Waals surface area contributed by atoms with Gasteiger partial charge in [-0.25, -0.2) is 9.37 Å². The smallest absolute Gasteiger partial charge is 0.134 e. The van der Waals surface area contributed by atoms with Crippen LogP contribution < -0.4 is 0 Å². The molecule has 0 bridgehead atoms. The van der Waals surface area contributed by atoms with Crippen LogP contribution in [0.2, 0.25) is 0 Å². The van der Waals surface area contributed by atoms with E-state index in [1.807, 2.05) is 17.5 Å². The monoisotopic (exact) mass is 307 g/mol. The van der Waals surface area contributed by atoms with E-state index in [1.165, 1.54) is 23.5 Å². The van der Waals surface area contributed by atoms with Crippen LogP contribution in [-0.4, -0.2) is 9.97 Å². The predicted molar refractivity (Wildman–Crippen MR) is 85.2 cm³/mol. The molecule has 2 aromatic heterocycles. The lowest BCUT2D eigenvalue weighted by Crippen LogP contribution is -1.83. The number of halogens is 1. The first-order valence-electron chi connectivity index (χ1n) is 6.50. The zero-order valence-electron chi connectivity index (χ0n) is 11.4. The molecule has 0 amide bonds. The van der Waals surface area contributed by atoms with Gasteiger partial charge >= 0.3 is 0 Å². The number of benzene rings is 1. The van der Waals surface area contributed by atoms with E-state index in [9.17, 15) is 9.65 Å². The Morgan fingerprint density at radius 3 is 2.55 bits per heavy atom. The maximum absolute atomic E-state index is 12.9. The van der Waals surface area contributed by atoms with Crippen LogP contribution in [0.3, 0.4) is 0 Å². The third-order valence-electron chi connectivity index (χ3n) is 3.01. The Kier molecular flexibility index (Phi) is 4.03. The van der Waals surface area contributed by atoms with E-state index >= 15 is 0 Å². The lowest BCUT2D eigenvalue weighted by Gasteiger charge is -1.96. The molecule has 0 unspecified atom stereocenters. The molecule has 3 nitrogen and oxygen atoms in total. The van der Waals surface area contributed by atoms with Crippen molar-refractivity contribution >= 4 is 23.0 Å². The zero-order chi connectivity index (χ0) is 15.4. The number of hydrogen-bond donors (Lipinski definition) is 0. The van der Waals surface area contributed by atoms with Crippen LogP contribution in [0.5, 0.6) is 0 Å². The maximum Gasteiger partial charge on any atom is 0.134 e. The number of pyridine rings is 1. The number of thiazole rings is 1. The summed E-state index contributed by atoms with van der Waals surface area (Å²) >= 11 is 1.40. The van der Waals surface area contributed by atoms with E-state index in [0.29, 0.717) is 10.6 Å². The molecule has 3 rings (SSSR count). The summed E-state index contributed by atoms with van der Waals surface area (Å²) in [6, 6.07) is 11.9. The van der Waals surface area contributed by atoms with Crippen molar-refractivity contribution in [1.29, 1.82) is 5.26 Å². The standard InChI is InChI=1S/C17H10FN3S/c18-15-3-1-12(2-4-15)9-14(10-19)17-21-16(11-22-17)13-5-7-20-8-6-13/h1-9,11H/b14-9-. The highest BCUT2D eigenvalue weighted by atomic mass is 32.1. The van der Waals surface area contributed by atoms with Crippen LogP contribution in [0, 0.1) is 17.1 Å². The van der Waals surface area contributed by atoms with Gasteiger partial charge in [-0.3, -0.25) is 4.98 Å². The normalized spacial score (nSPS) is 11.2. The molecule has 5 heteroatoms. The molecule has 0 saturated carbocycles. The molecule has 22 heavy (non-hydrogen) atoms. The zero-order valence-corrected chi connectivity index (χ0v) is 12.2. The first kappa shape index (κ1) is 14.1. The number of aromatic nitrogens is 2. The van der Waals surface area contributed by atoms with Crippen molar-refractivity contribution in [1.82, 2.24) is 9.97 Å². The fourth-order valence-corrected chi connectivity index (χ4v) is 2.71. The minimum Gasteiger partial charge on any atom is -0.265 e. The molecular weight excluding hydrogens is 297 g/mol. The van der Waals surface area contributed by atoms with Crippen molar-refractivity contribution < 1.29 is 4.39 Å². The van der Waals surface area contributed by atoms with E-state index < -0.39 is 0 Å². The van der Waals surface area contributed by atoms with E-state index in [-0.39, 0.29) is 5.82 Å². The molecule has 0 radical (unpaired) electrons. The van der Waals surface area contributed by atoms with Gasteiger partial charge in [0.15, 0.2) is 0 Å². The molecule has 3 aromatic rings. The van der Waals surface area contributed by atoms with Gasteiger partial charge in [-0.1, -0.05) is 12.1 Å². The highest BCUT2D eigenvalue weighted by Crippen LogP contribution is 2.26. The van der Waals surface area contributed by atoms with Gasteiger partial charge in [0.05, 0.1) is 11.3 Å². The molecule has 0 atom stereocenters. The Morgan fingerprint density at radius 1 is 1.14 bits per heavy atom. The van der Waals surface area contributed by atoms with Crippen LogP contribution in [0.1, 0.15) is 10.6 Å². The average molecular weight is 307 g/mol. The fraction of sp³-hybridized carbons (Fsp3) is 0. The van der Waals surface area contributed by atoms with Gasteiger partial charge in [-0.05, 0) is 35.9 Å². The van der Waals surface area contributed by atoms with Crippen molar-refractivity contribution in [2.24, 2.45) is 0 Å². The molecule has 0 aliphatic carbocycles. The molecule has 2 heterocycles. The summed E-state index contributed by atoms with van der Waals surface area (Å²) in [6.07, 6.45) is 5.11. The van der Waals surface area contributed by atoms with E-state index in [0.717, 1.165) is 16.8 Å². The van der Waals surface area contributed by atoms with Crippen LogP contribution in [0.15, 0.2) is 54.2 Å². The van der Waals surface area contributed by atoms with Gasteiger partial charge in [-0.15, -0.1) is 11.3 Å². The number of nitrogens with zero attached hydrogens (tertiary/aromatic N) is 3. The summed E-state index contributed by atoms with van der Waals surface area (Å²) in [5.41, 5.74) is 2.98. The van der Waals surface area contributed by atoms with E-state index in [2.05, 4.69) is 16.0 Å². The molecule has 0 spiro atoms. The van der Waals surface area contributed by atoms with E-state index in [1.54, 1.807) is 30.6 Å². The predicted octanol–water partition coefficient (Wildman–Crippen LogP) is 4.41. The summed E-state index contributed by atoms with van der Waals surface area (Å²) in [6.45, 7) is 0. The van der Waals surface area contributed by atoms with Gasteiger partial charge in [0.25, 0.3) is 0 Å². The van der Waals surface area contributed by atoms with Crippen LogP contribution >= 0.6 is 11.3 Å². The Hall–Kier alpha value is -2.84. The number of nitriles is 1. The van der Waals surface area contributed by atoms with Gasteiger partial charge in [0.1, 0.15) is 16.9 Å². The summed E-state index contributed by atoms with van der Waals surface area (Å²) < 4.78 is 12.9. The van der Waals surface area contributed by atoms with Gasteiger partial charge in [-0.2, -0.15) is 5.26 Å². The van der Waals surface area contributed by atoms with Crippen LogP contribution in [0.25, 0.3) is 22.9 Å². The topological polar surface area (TPSA) is 49.6 Å². The largest absolute Gasteiger partial charge is 0.265 e. The lowest BCUT2D eigenvalue weighted by molar-refractivity contribution is 0.628. The minimum atomic E-state index is -0.301. The van der Waals surface area contributed by atoms with Crippen molar-refractivity contribution in [3.8, 4) is 17.3 Å². The second-order valence-electron chi connectivity index (χ2n) is 4.50. The third kappa shape index (κ3) is 3.08. The fourth-order valence-electron chi connectivity index (χ4n) is 1.92. The number of allylic oxidation sites excluding steroid dienone is 1. The minimum absolute atomic E-state index is 0.301. The Morgan fingerprint density at radius 2 is 1.86 bits per heavy atom. The second-order valence-corrected chi connectivity index (χ2v) is 5.35. The quantitative estimate of drug-likeness (QED) is 0.673. The second kappa shape index (κ2) is 6.29. The highest BCUT2D eigenvalue weighted by Gasteiger charge is 2.09. The molecule has 1 aromatic carbocycles. The summed E-state index contributed by atoms with van der Waals surface area (Å²) in [5.74, 6) is -0.301. The maximum atomic E-state index is 12.9. The molecule has 0 N–H and O–H groups in total. The van der Waals surface area contributed by atoms with Crippen molar-refractivity contribution in [3.05, 3.63) is 70.6 Å². The highest BCUT2D eigenvalue weighted by molar-refractivity contribution is 7.11. The van der Waals surface area contributed by atoms with Crippen LogP contribution in [0.4, 0.5) is 4.39 Å². The first-order chi connectivity index (χ1) is 10.8. The first-order valence-corrected chi connectivity index (χ1v) is 7.38. The summed E-state index contributed by atoms with van der Waals surface area (Å²) in [4.78, 5) is 8.46. The molecular formula is C17H10FN3S. The SMILES string of the molecule is N#C/C(=C/c1ccc(F)cc1)c1nc(-c2ccncc2)cs1. The number of rotatable bonds is 3. The summed E-state index contributed by atoms with van der Waals surface area (Å²) in [7, 11) is 0. The van der Waals surface area contributed by atoms with Crippen molar-refractivity contribution in [2.45, 2.75) is 0 Å². The molecule has 0 aliphatic heterocycles. The number of hydrogen-bond acceptors (Lipinski definition) is 4. The summed E-state index contributed by atoms with van der Waals surface area (Å²) in [5, 5.41) is 11.9. The molecule has 0 saturated heterocycles. The van der Waals surface area contributed by atoms with Crippen molar-refractivity contribution in [3.63, 3.8) is 0 Å². The molecule has 0 aliphatic rings. The lowest BCUT2D eigenvalue weighted by atomic mass is 10.1. The Labute approximate surface area is 131 Å². The van der Waals surface area contributed by atoms with Crippen molar-refractivity contribution in [2.75, 3.05) is 0 Å². The van der Waals surface area contributed by atoms with E-state index in [4.69, 9.17) is 0 Å².